The molecule has 1 aliphatic carbocycles. The molecule has 66 valence electrons. The number of rotatable bonds is 2. The third-order valence-electron chi connectivity index (χ3n) is 2.42. The molecule has 0 bridgehead atoms. The van der Waals surface area contributed by atoms with Crippen LogP contribution in [-0.2, 0) is 5.41 Å². The molecule has 0 saturated heterocycles. The van der Waals surface area contributed by atoms with Crippen LogP contribution in [0.5, 0.6) is 5.75 Å². The van der Waals surface area contributed by atoms with Gasteiger partial charge in [0.1, 0.15) is 5.75 Å². The fourth-order valence-corrected chi connectivity index (χ4v) is 1.35. The smallest absolute Gasteiger partial charge is 0.122 e. The molecule has 1 aromatic heterocycles. The number of ether oxygens (including phenoxy) is 1. The molecule has 1 aromatic rings. The van der Waals surface area contributed by atoms with Crippen molar-refractivity contribution in [3.05, 3.63) is 24.0 Å². The summed E-state index contributed by atoms with van der Waals surface area (Å²) in [4.78, 5) is 4.19. The maximum absolute atomic E-state index is 8.94. The molecule has 0 radical (unpaired) electrons. The second-order valence-electron chi connectivity index (χ2n) is 3.27. The molecule has 13 heavy (non-hydrogen) atoms. The van der Waals surface area contributed by atoms with Crippen molar-refractivity contribution in [3.63, 3.8) is 0 Å². The van der Waals surface area contributed by atoms with E-state index in [0.717, 1.165) is 24.3 Å². The Kier molecular flexibility index (Phi) is 1.70. The van der Waals surface area contributed by atoms with Gasteiger partial charge >= 0.3 is 0 Å². The van der Waals surface area contributed by atoms with E-state index in [1.165, 1.54) is 0 Å². The number of nitrogens with zero attached hydrogens (tertiary/aromatic N) is 2. The monoisotopic (exact) mass is 174 g/mol. The molecule has 3 nitrogen and oxygen atoms in total. The molecule has 3 heteroatoms. The average Bonchev–Trinajstić information content (AvgIpc) is 2.99. The lowest BCUT2D eigenvalue weighted by Crippen LogP contribution is -2.05. The van der Waals surface area contributed by atoms with Crippen LogP contribution in [0.4, 0.5) is 0 Å². The van der Waals surface area contributed by atoms with Crippen molar-refractivity contribution in [1.29, 1.82) is 5.26 Å². The summed E-state index contributed by atoms with van der Waals surface area (Å²) in [7, 11) is 1.62. The lowest BCUT2D eigenvalue weighted by molar-refractivity contribution is 0.413. The molecule has 0 aliphatic heterocycles. The first kappa shape index (κ1) is 8.06. The lowest BCUT2D eigenvalue weighted by atomic mass is 10.0. The largest absolute Gasteiger partial charge is 0.497 e. The highest BCUT2D eigenvalue weighted by Crippen LogP contribution is 2.47. The average molecular weight is 174 g/mol. The van der Waals surface area contributed by atoms with Crippen molar-refractivity contribution in [2.45, 2.75) is 18.3 Å². The third-order valence-corrected chi connectivity index (χ3v) is 2.42. The zero-order valence-electron chi connectivity index (χ0n) is 7.45. The second kappa shape index (κ2) is 2.74. The Bertz CT molecular complexity index is 363. The topological polar surface area (TPSA) is 45.9 Å². The first-order valence-electron chi connectivity index (χ1n) is 4.22. The van der Waals surface area contributed by atoms with E-state index in [9.17, 15) is 0 Å². The van der Waals surface area contributed by atoms with Crippen LogP contribution in [-0.4, -0.2) is 12.1 Å². The van der Waals surface area contributed by atoms with E-state index in [-0.39, 0.29) is 5.41 Å². The van der Waals surface area contributed by atoms with Gasteiger partial charge in [-0.05, 0) is 18.9 Å². The summed E-state index contributed by atoms with van der Waals surface area (Å²) >= 11 is 0. The molecular weight excluding hydrogens is 164 g/mol. The van der Waals surface area contributed by atoms with Crippen molar-refractivity contribution in [1.82, 2.24) is 4.98 Å². The Labute approximate surface area is 77.0 Å². The summed E-state index contributed by atoms with van der Waals surface area (Å²) in [5.74, 6) is 0.770. The van der Waals surface area contributed by atoms with Gasteiger partial charge in [-0.2, -0.15) is 5.26 Å². The number of pyridine rings is 1. The molecule has 1 heterocycles. The number of hydrogen-bond acceptors (Lipinski definition) is 3. The van der Waals surface area contributed by atoms with Crippen LogP contribution in [0, 0.1) is 11.3 Å². The van der Waals surface area contributed by atoms with Gasteiger partial charge in [0.2, 0.25) is 0 Å². The Morgan fingerprint density at radius 1 is 1.62 bits per heavy atom. The normalized spacial score (nSPS) is 17.5. The number of nitriles is 1. The number of methoxy groups -OCH3 is 1. The van der Waals surface area contributed by atoms with Gasteiger partial charge in [0.25, 0.3) is 0 Å². The van der Waals surface area contributed by atoms with Crippen LogP contribution in [0.2, 0.25) is 0 Å². The first-order valence-corrected chi connectivity index (χ1v) is 4.22. The van der Waals surface area contributed by atoms with Gasteiger partial charge in [0, 0.05) is 12.3 Å². The van der Waals surface area contributed by atoms with Crippen LogP contribution in [0.3, 0.4) is 0 Å². The molecule has 0 aromatic carbocycles. The minimum atomic E-state index is -0.311. The van der Waals surface area contributed by atoms with Crippen molar-refractivity contribution < 1.29 is 4.74 Å². The molecule has 0 unspecified atom stereocenters. The highest BCUT2D eigenvalue weighted by molar-refractivity contribution is 5.37. The van der Waals surface area contributed by atoms with Gasteiger partial charge in [-0.1, -0.05) is 0 Å². The maximum Gasteiger partial charge on any atom is 0.122 e. The van der Waals surface area contributed by atoms with E-state index in [0.29, 0.717) is 0 Å². The van der Waals surface area contributed by atoms with Gasteiger partial charge in [-0.3, -0.25) is 4.98 Å². The van der Waals surface area contributed by atoms with Crippen LogP contribution < -0.4 is 4.74 Å². The zero-order chi connectivity index (χ0) is 9.31. The van der Waals surface area contributed by atoms with Crippen molar-refractivity contribution >= 4 is 0 Å². The molecule has 1 fully saturated rings. The Hall–Kier alpha value is -1.56. The van der Waals surface area contributed by atoms with Crippen LogP contribution in [0.15, 0.2) is 18.3 Å². The summed E-state index contributed by atoms with van der Waals surface area (Å²) in [6.45, 7) is 0. The Morgan fingerprint density at radius 2 is 2.38 bits per heavy atom. The summed E-state index contributed by atoms with van der Waals surface area (Å²) in [5, 5.41) is 8.94. The maximum atomic E-state index is 8.94. The molecule has 2 rings (SSSR count). The summed E-state index contributed by atoms with van der Waals surface area (Å²) in [6, 6.07) is 5.93. The van der Waals surface area contributed by atoms with E-state index in [1.807, 2.05) is 6.07 Å². The quantitative estimate of drug-likeness (QED) is 0.684. The minimum absolute atomic E-state index is 0.311. The Balaban J connectivity index is 2.37. The van der Waals surface area contributed by atoms with E-state index in [4.69, 9.17) is 10.00 Å². The van der Waals surface area contributed by atoms with E-state index in [2.05, 4.69) is 11.1 Å². The molecule has 0 amide bonds. The zero-order valence-corrected chi connectivity index (χ0v) is 7.45. The molecular formula is C10H10N2O. The van der Waals surface area contributed by atoms with Crippen molar-refractivity contribution in [2.24, 2.45) is 0 Å². The van der Waals surface area contributed by atoms with Gasteiger partial charge in [-0.25, -0.2) is 0 Å². The van der Waals surface area contributed by atoms with Crippen LogP contribution >= 0.6 is 0 Å². The second-order valence-corrected chi connectivity index (χ2v) is 3.27. The fraction of sp³-hybridized carbons (Fsp3) is 0.400. The molecule has 0 N–H and O–H groups in total. The number of hydrogen-bond donors (Lipinski definition) is 0. The molecule has 0 spiro atoms. The molecule has 0 atom stereocenters. The fourth-order valence-electron chi connectivity index (χ4n) is 1.35. The Morgan fingerprint density at radius 3 is 2.92 bits per heavy atom. The summed E-state index contributed by atoms with van der Waals surface area (Å²) in [5.41, 5.74) is 0.531. The highest BCUT2D eigenvalue weighted by atomic mass is 16.5. The van der Waals surface area contributed by atoms with Crippen molar-refractivity contribution in [3.8, 4) is 11.8 Å². The predicted octanol–water partition coefficient (Wildman–Crippen LogP) is 1.65. The SMILES string of the molecule is COc1ccnc(C2(C#N)CC2)c1. The molecule has 1 aliphatic rings. The predicted molar refractivity (Wildman–Crippen MR) is 47.3 cm³/mol. The molecule has 1 saturated carbocycles. The standard InChI is InChI=1S/C10H10N2O/c1-13-8-2-5-12-9(6-8)10(7-11)3-4-10/h2,5-6H,3-4H2,1H3. The van der Waals surface area contributed by atoms with Gasteiger partial charge in [-0.15, -0.1) is 0 Å². The van der Waals surface area contributed by atoms with E-state index >= 15 is 0 Å². The van der Waals surface area contributed by atoms with E-state index in [1.54, 1.807) is 19.4 Å². The first-order chi connectivity index (χ1) is 6.30. The third kappa shape index (κ3) is 1.25. The minimum Gasteiger partial charge on any atom is -0.497 e. The van der Waals surface area contributed by atoms with Gasteiger partial charge in [0.05, 0.1) is 24.3 Å². The highest BCUT2D eigenvalue weighted by Gasteiger charge is 2.46. The lowest BCUT2D eigenvalue weighted by Gasteiger charge is -2.06. The van der Waals surface area contributed by atoms with Crippen LogP contribution in [0.1, 0.15) is 18.5 Å². The van der Waals surface area contributed by atoms with Gasteiger partial charge in [0.15, 0.2) is 0 Å². The van der Waals surface area contributed by atoms with Gasteiger partial charge < -0.3 is 4.74 Å². The number of aromatic nitrogens is 1. The van der Waals surface area contributed by atoms with Crippen molar-refractivity contribution in [2.75, 3.05) is 7.11 Å². The van der Waals surface area contributed by atoms with Crippen LogP contribution in [0.25, 0.3) is 0 Å². The van der Waals surface area contributed by atoms with E-state index < -0.39 is 0 Å². The summed E-state index contributed by atoms with van der Waals surface area (Å²) in [6.07, 6.45) is 3.53. The summed E-state index contributed by atoms with van der Waals surface area (Å²) < 4.78 is 5.07.